The van der Waals surface area contributed by atoms with Gasteiger partial charge in [-0.3, -0.25) is 0 Å². The van der Waals surface area contributed by atoms with E-state index in [2.05, 4.69) is 34.5 Å². The van der Waals surface area contributed by atoms with Crippen molar-refractivity contribution in [3.63, 3.8) is 0 Å². The fourth-order valence-corrected chi connectivity index (χ4v) is 5.43. The van der Waals surface area contributed by atoms with Crippen molar-refractivity contribution in [1.29, 1.82) is 0 Å². The van der Waals surface area contributed by atoms with Gasteiger partial charge in [0.05, 0.1) is 0 Å². The Hall–Kier alpha value is -1.99. The minimum Gasteiger partial charge on any atom is -0.323 e. The van der Waals surface area contributed by atoms with E-state index in [0.717, 1.165) is 41.8 Å². The maximum atomic E-state index is 13.6. The molecule has 0 unspecified atom stereocenters. The minimum atomic E-state index is 0.0840. The summed E-state index contributed by atoms with van der Waals surface area (Å²) in [5.74, 6) is 0.456. The summed E-state index contributed by atoms with van der Waals surface area (Å²) in [7, 11) is 0. The normalized spacial score (nSPS) is 14.9. The van der Waals surface area contributed by atoms with Crippen molar-refractivity contribution >= 4 is 35.7 Å². The highest BCUT2D eigenvalue weighted by Gasteiger charge is 2.25. The molecule has 2 aromatic carbocycles. The lowest BCUT2D eigenvalue weighted by molar-refractivity contribution is 0.857. The smallest absolute Gasteiger partial charge is 0.239 e. The molecule has 3 aromatic rings. The Kier molecular flexibility index (Phi) is 4.80. The van der Waals surface area contributed by atoms with Crippen LogP contribution in [0.25, 0.3) is 0 Å². The first-order valence-electron chi connectivity index (χ1n) is 9.66. The van der Waals surface area contributed by atoms with Crippen LogP contribution in [0.2, 0.25) is 0 Å². The number of nitrogens with zero attached hydrogens (tertiary/aromatic N) is 3. The third-order valence-corrected chi connectivity index (χ3v) is 7.05. The minimum absolute atomic E-state index is 0.0840. The molecular formula is C21H21FN4S2. The topological polar surface area (TPSA) is 42.7 Å². The molecular weight excluding hydrogens is 391 g/mol. The van der Waals surface area contributed by atoms with Crippen LogP contribution in [0.1, 0.15) is 40.7 Å². The summed E-state index contributed by atoms with van der Waals surface area (Å²) in [6, 6.07) is 10.5. The lowest BCUT2D eigenvalue weighted by Gasteiger charge is -2.16. The van der Waals surface area contributed by atoms with Crippen LogP contribution in [-0.2, 0) is 25.7 Å². The second-order valence-corrected chi connectivity index (χ2v) is 8.88. The number of aromatic nitrogens is 3. The van der Waals surface area contributed by atoms with Gasteiger partial charge in [0.1, 0.15) is 0 Å². The van der Waals surface area contributed by atoms with Crippen LogP contribution >= 0.6 is 24.1 Å². The summed E-state index contributed by atoms with van der Waals surface area (Å²) >= 11 is 1.55. The van der Waals surface area contributed by atoms with Gasteiger partial charge in [-0.15, -0.1) is 13.1 Å². The van der Waals surface area contributed by atoms with Gasteiger partial charge in [0.2, 0.25) is 11.1 Å². The summed E-state index contributed by atoms with van der Waals surface area (Å²) in [5.41, 5.74) is 7.95. The Bertz CT molecular complexity index is 1010. The van der Waals surface area contributed by atoms with Crippen LogP contribution in [0.3, 0.4) is 0 Å². The molecule has 1 heterocycles. The number of hydrogen-bond acceptors (Lipinski definition) is 5. The predicted octanol–water partition coefficient (Wildman–Crippen LogP) is 5.84. The number of halogens is 1. The van der Waals surface area contributed by atoms with Gasteiger partial charge in [0.15, 0.2) is 12.3 Å². The van der Waals surface area contributed by atoms with Crippen LogP contribution in [0, 0.1) is 6.92 Å². The lowest BCUT2D eigenvalue weighted by atomic mass is 9.99. The summed E-state index contributed by atoms with van der Waals surface area (Å²) in [6.45, 7) is 2.05. The molecule has 1 aromatic heterocycles. The Balaban J connectivity index is 1.50. The molecule has 0 aliphatic heterocycles. The Morgan fingerprint density at radius 2 is 1.75 bits per heavy atom. The maximum absolute atomic E-state index is 13.6. The molecule has 1 N–H and O–H groups in total. The molecule has 0 amide bonds. The Morgan fingerprint density at radius 3 is 2.43 bits per heavy atom. The third kappa shape index (κ3) is 3.20. The van der Waals surface area contributed by atoms with Gasteiger partial charge in [0, 0.05) is 10.6 Å². The first-order chi connectivity index (χ1) is 13.7. The van der Waals surface area contributed by atoms with Crippen molar-refractivity contribution < 1.29 is 3.89 Å². The van der Waals surface area contributed by atoms with Crippen LogP contribution in [0.4, 0.5) is 15.5 Å². The van der Waals surface area contributed by atoms with Crippen LogP contribution < -0.4 is 5.32 Å². The van der Waals surface area contributed by atoms with E-state index in [-0.39, 0.29) is 12.3 Å². The number of nitrogens with one attached hydrogen (secondary N) is 1. The van der Waals surface area contributed by atoms with E-state index in [1.807, 2.05) is 18.2 Å². The first kappa shape index (κ1) is 18.1. The summed E-state index contributed by atoms with van der Waals surface area (Å²) in [5, 5.41) is 8.35. The molecule has 0 spiro atoms. The number of fused-ring (bicyclic) bond motifs is 2. The Labute approximate surface area is 172 Å². The van der Waals surface area contributed by atoms with E-state index < -0.39 is 0 Å². The van der Waals surface area contributed by atoms with Crippen molar-refractivity contribution in [3.8, 4) is 0 Å². The fourth-order valence-electron chi connectivity index (χ4n) is 4.30. The molecule has 5 rings (SSSR count). The second kappa shape index (κ2) is 7.44. The second-order valence-electron chi connectivity index (χ2n) is 7.39. The van der Waals surface area contributed by atoms with Crippen molar-refractivity contribution in [2.45, 2.75) is 55.5 Å². The van der Waals surface area contributed by atoms with E-state index in [9.17, 15) is 3.89 Å². The molecule has 2 aliphatic rings. The molecule has 144 valence electrons. The van der Waals surface area contributed by atoms with Gasteiger partial charge in [-0.1, -0.05) is 24.3 Å². The molecule has 0 fully saturated rings. The van der Waals surface area contributed by atoms with E-state index >= 15 is 0 Å². The first-order valence-corrected chi connectivity index (χ1v) is 11.1. The number of anilines is 2. The molecule has 28 heavy (non-hydrogen) atoms. The summed E-state index contributed by atoms with van der Waals surface area (Å²) in [4.78, 5) is 5.69. The molecule has 2 aliphatic carbocycles. The number of rotatable bonds is 5. The van der Waals surface area contributed by atoms with E-state index in [1.165, 1.54) is 50.9 Å². The Morgan fingerprint density at radius 1 is 1.04 bits per heavy atom. The molecule has 4 nitrogen and oxygen atoms in total. The van der Waals surface area contributed by atoms with E-state index in [4.69, 9.17) is 0 Å². The average molecular weight is 413 g/mol. The zero-order valence-electron chi connectivity index (χ0n) is 15.7. The quantitative estimate of drug-likeness (QED) is 0.570. The molecule has 0 bridgehead atoms. The SMILES string of the molecule is Cc1ccccc1Sc1nc(Nc2c3c(cc4c2CCC4)CCC3)n(SF)n1. The molecule has 7 heteroatoms. The molecule has 0 atom stereocenters. The third-order valence-electron chi connectivity index (χ3n) is 5.63. The van der Waals surface area contributed by atoms with Gasteiger partial charge >= 0.3 is 0 Å². The maximum Gasteiger partial charge on any atom is 0.239 e. The molecule has 0 saturated carbocycles. The highest BCUT2D eigenvalue weighted by atomic mass is 32.2. The van der Waals surface area contributed by atoms with Gasteiger partial charge in [-0.05, 0) is 91.1 Å². The highest BCUT2D eigenvalue weighted by molar-refractivity contribution is 7.99. The number of aryl methyl sites for hydroxylation is 3. The standard InChI is InChI=1S/C21H21FN4S2/c1-13-6-2-3-11-18(13)27-21-24-20(26(25-21)28-22)23-19-16-9-4-7-14(16)12-15-8-5-10-17(15)19/h2-3,6,11-12H,4-5,7-10H2,1H3,(H,23,24,25). The van der Waals surface area contributed by atoms with Crippen LogP contribution in [-0.4, -0.2) is 14.2 Å². The van der Waals surface area contributed by atoms with Crippen molar-refractivity contribution in [2.75, 3.05) is 5.32 Å². The van der Waals surface area contributed by atoms with Crippen molar-refractivity contribution in [3.05, 3.63) is 58.1 Å². The number of hydrogen-bond donors (Lipinski definition) is 1. The zero-order chi connectivity index (χ0) is 19.1. The van der Waals surface area contributed by atoms with Gasteiger partial charge in [-0.2, -0.15) is 4.98 Å². The zero-order valence-corrected chi connectivity index (χ0v) is 17.3. The monoisotopic (exact) mass is 412 g/mol. The van der Waals surface area contributed by atoms with E-state index in [1.54, 1.807) is 0 Å². The van der Waals surface area contributed by atoms with Crippen molar-refractivity contribution in [2.24, 2.45) is 0 Å². The predicted molar refractivity (Wildman–Crippen MR) is 113 cm³/mol. The largest absolute Gasteiger partial charge is 0.323 e. The molecule has 0 radical (unpaired) electrons. The van der Waals surface area contributed by atoms with Crippen molar-refractivity contribution in [1.82, 2.24) is 14.2 Å². The number of benzene rings is 2. The fraction of sp³-hybridized carbons (Fsp3) is 0.333. The summed E-state index contributed by atoms with van der Waals surface area (Å²) in [6.07, 6.45) is 6.80. The molecule has 0 saturated heterocycles. The lowest BCUT2D eigenvalue weighted by Crippen LogP contribution is -2.05. The van der Waals surface area contributed by atoms with Gasteiger partial charge in [0.25, 0.3) is 0 Å². The van der Waals surface area contributed by atoms with E-state index in [0.29, 0.717) is 11.1 Å². The summed E-state index contributed by atoms with van der Waals surface area (Å²) < 4.78 is 14.8. The van der Waals surface area contributed by atoms with Gasteiger partial charge in [-0.25, -0.2) is 0 Å². The average Bonchev–Trinajstić information content (AvgIpc) is 3.42. The van der Waals surface area contributed by atoms with Crippen LogP contribution in [0.15, 0.2) is 40.4 Å². The van der Waals surface area contributed by atoms with Crippen LogP contribution in [0.5, 0.6) is 0 Å². The van der Waals surface area contributed by atoms with Gasteiger partial charge < -0.3 is 5.32 Å². The highest BCUT2D eigenvalue weighted by Crippen LogP contribution is 2.40.